The van der Waals surface area contributed by atoms with Crippen LogP contribution in [0.5, 0.6) is 0 Å². The van der Waals surface area contributed by atoms with Gasteiger partial charge in [-0.05, 0) is 71.8 Å². The topological polar surface area (TPSA) is 108 Å². The fraction of sp³-hybridized carbons (Fsp3) is 0.290. The predicted octanol–water partition coefficient (Wildman–Crippen LogP) is 5.35. The quantitative estimate of drug-likeness (QED) is 0.367. The van der Waals surface area contributed by atoms with Gasteiger partial charge in [0.25, 0.3) is 5.91 Å². The largest absolute Gasteiger partial charge is 0.478 e. The molecule has 1 heterocycles. The zero-order valence-corrected chi connectivity index (χ0v) is 22.6. The first-order valence-electron chi connectivity index (χ1n) is 13.3. The molecule has 0 aromatic heterocycles. The molecular weight excluding hydrogens is 530 g/mol. The highest BCUT2D eigenvalue weighted by atomic mass is 35.5. The number of carboxylic acid groups (broad SMARTS) is 1. The summed E-state index contributed by atoms with van der Waals surface area (Å²) in [5.74, 6) is -0.915. The van der Waals surface area contributed by atoms with Crippen molar-refractivity contribution in [2.24, 2.45) is 11.0 Å². The van der Waals surface area contributed by atoms with Gasteiger partial charge in [0.1, 0.15) is 0 Å². The Kier molecular flexibility index (Phi) is 8.45. The van der Waals surface area contributed by atoms with Crippen molar-refractivity contribution in [1.82, 2.24) is 10.3 Å². The zero-order chi connectivity index (χ0) is 28.1. The third-order valence-corrected chi connectivity index (χ3v) is 7.67. The lowest BCUT2D eigenvalue weighted by Gasteiger charge is -2.25. The first kappa shape index (κ1) is 27.4. The second kappa shape index (κ2) is 12.3. The third kappa shape index (κ3) is 6.51. The molecule has 206 valence electrons. The zero-order valence-electron chi connectivity index (χ0n) is 21.9. The van der Waals surface area contributed by atoms with E-state index in [0.29, 0.717) is 17.5 Å². The van der Waals surface area contributed by atoms with E-state index in [2.05, 4.69) is 10.4 Å². The molecule has 9 heteroatoms. The number of hydrazone groups is 1. The van der Waals surface area contributed by atoms with E-state index in [9.17, 15) is 14.4 Å². The summed E-state index contributed by atoms with van der Waals surface area (Å²) < 4.78 is 5.53. The number of halogens is 1. The number of hydrogen-bond acceptors (Lipinski definition) is 5. The molecule has 2 amide bonds. The van der Waals surface area contributed by atoms with Crippen LogP contribution in [-0.4, -0.2) is 40.4 Å². The molecule has 0 saturated heterocycles. The lowest BCUT2D eigenvalue weighted by Crippen LogP contribution is -2.36. The number of hydrogen-bond donors (Lipinski definition) is 2. The first-order chi connectivity index (χ1) is 19.4. The van der Waals surface area contributed by atoms with Gasteiger partial charge >= 0.3 is 5.97 Å². The van der Waals surface area contributed by atoms with Crippen molar-refractivity contribution in [3.8, 4) is 0 Å². The van der Waals surface area contributed by atoms with Crippen molar-refractivity contribution in [2.45, 2.75) is 44.7 Å². The molecule has 1 unspecified atom stereocenters. The van der Waals surface area contributed by atoms with E-state index in [-0.39, 0.29) is 42.4 Å². The molecule has 0 radical (unpaired) electrons. The van der Waals surface area contributed by atoms with Gasteiger partial charge < -0.3 is 15.2 Å². The van der Waals surface area contributed by atoms with Crippen LogP contribution in [0.2, 0.25) is 5.02 Å². The number of amides is 2. The molecule has 1 saturated carbocycles. The number of carbonyl (C=O) groups is 3. The SMILES string of the molecule is O=C(O)c1ccc(CNC(=O)C(c2ccc(CN3N=C(c4ccc(Cl)cc4)OCC3=O)cc2)C2CCCC2)cc1. The lowest BCUT2D eigenvalue weighted by molar-refractivity contribution is -0.136. The summed E-state index contributed by atoms with van der Waals surface area (Å²) in [6, 6.07) is 21.4. The summed E-state index contributed by atoms with van der Waals surface area (Å²) in [5.41, 5.74) is 3.62. The summed E-state index contributed by atoms with van der Waals surface area (Å²) in [7, 11) is 0. The summed E-state index contributed by atoms with van der Waals surface area (Å²) in [4.78, 5) is 37.0. The highest BCUT2D eigenvalue weighted by Crippen LogP contribution is 2.37. The van der Waals surface area contributed by atoms with Crippen LogP contribution in [0.4, 0.5) is 0 Å². The number of aromatic carboxylic acids is 1. The van der Waals surface area contributed by atoms with Crippen molar-refractivity contribution in [3.05, 3.63) is 106 Å². The molecule has 1 fully saturated rings. The van der Waals surface area contributed by atoms with Crippen LogP contribution in [-0.2, 0) is 27.4 Å². The number of benzene rings is 3. The fourth-order valence-corrected chi connectivity index (χ4v) is 5.38. The second-order valence-electron chi connectivity index (χ2n) is 10.1. The van der Waals surface area contributed by atoms with Gasteiger partial charge in [-0.25, -0.2) is 9.80 Å². The predicted molar refractivity (Wildman–Crippen MR) is 151 cm³/mol. The number of carbonyl (C=O) groups excluding carboxylic acids is 2. The lowest BCUT2D eigenvalue weighted by atomic mass is 9.83. The van der Waals surface area contributed by atoms with Gasteiger partial charge in [0, 0.05) is 17.1 Å². The van der Waals surface area contributed by atoms with Crippen LogP contribution in [0, 0.1) is 5.92 Å². The maximum atomic E-state index is 13.4. The van der Waals surface area contributed by atoms with E-state index < -0.39 is 5.97 Å². The molecule has 1 atom stereocenters. The van der Waals surface area contributed by atoms with Crippen LogP contribution >= 0.6 is 11.6 Å². The minimum Gasteiger partial charge on any atom is -0.478 e. The number of nitrogens with zero attached hydrogens (tertiary/aromatic N) is 2. The molecule has 3 aromatic rings. The normalized spacial score (nSPS) is 16.3. The molecule has 8 nitrogen and oxygen atoms in total. The average molecular weight is 560 g/mol. The maximum Gasteiger partial charge on any atom is 0.335 e. The molecule has 5 rings (SSSR count). The number of nitrogens with one attached hydrogen (secondary N) is 1. The van der Waals surface area contributed by atoms with Crippen LogP contribution in [0.1, 0.15) is 64.2 Å². The van der Waals surface area contributed by atoms with Gasteiger partial charge in [0.15, 0.2) is 6.61 Å². The summed E-state index contributed by atoms with van der Waals surface area (Å²) in [5, 5.41) is 18.6. The van der Waals surface area contributed by atoms with Crippen molar-refractivity contribution in [2.75, 3.05) is 6.61 Å². The molecule has 40 heavy (non-hydrogen) atoms. The maximum absolute atomic E-state index is 13.4. The highest BCUT2D eigenvalue weighted by Gasteiger charge is 2.32. The minimum absolute atomic E-state index is 0.0393. The van der Waals surface area contributed by atoms with Gasteiger partial charge in [-0.2, -0.15) is 0 Å². The Morgan fingerprint density at radius 1 is 0.975 bits per heavy atom. The number of rotatable bonds is 9. The Balaban J connectivity index is 1.28. The van der Waals surface area contributed by atoms with Crippen molar-refractivity contribution in [3.63, 3.8) is 0 Å². The van der Waals surface area contributed by atoms with E-state index in [1.165, 1.54) is 5.01 Å². The average Bonchev–Trinajstić information content (AvgIpc) is 3.49. The molecular formula is C31H30ClN3O5. The highest BCUT2D eigenvalue weighted by molar-refractivity contribution is 6.30. The van der Waals surface area contributed by atoms with Crippen molar-refractivity contribution in [1.29, 1.82) is 0 Å². The molecule has 2 N–H and O–H groups in total. The van der Waals surface area contributed by atoms with Crippen molar-refractivity contribution >= 4 is 35.3 Å². The van der Waals surface area contributed by atoms with E-state index in [1.807, 2.05) is 24.3 Å². The van der Waals surface area contributed by atoms with Gasteiger partial charge in [-0.15, -0.1) is 5.10 Å². The Hall–Kier alpha value is -4.17. The van der Waals surface area contributed by atoms with Crippen molar-refractivity contribution < 1.29 is 24.2 Å². The van der Waals surface area contributed by atoms with Gasteiger partial charge in [-0.3, -0.25) is 9.59 Å². The van der Waals surface area contributed by atoms with E-state index >= 15 is 0 Å². The van der Waals surface area contributed by atoms with Gasteiger partial charge in [0.05, 0.1) is 18.0 Å². The third-order valence-electron chi connectivity index (χ3n) is 7.42. The molecule has 1 aliphatic carbocycles. The van der Waals surface area contributed by atoms with E-state index in [4.69, 9.17) is 21.4 Å². The molecule has 1 aliphatic heterocycles. The van der Waals surface area contributed by atoms with Crippen LogP contribution in [0.15, 0.2) is 77.9 Å². The Morgan fingerprint density at radius 3 is 2.27 bits per heavy atom. The second-order valence-corrected chi connectivity index (χ2v) is 10.6. The van der Waals surface area contributed by atoms with E-state index in [1.54, 1.807) is 48.5 Å². The number of ether oxygens (including phenoxy) is 1. The summed E-state index contributed by atoms with van der Waals surface area (Å²) in [6.45, 7) is 0.516. The van der Waals surface area contributed by atoms with E-state index in [0.717, 1.165) is 47.9 Å². The van der Waals surface area contributed by atoms with Gasteiger partial charge in [-0.1, -0.05) is 60.8 Å². The smallest absolute Gasteiger partial charge is 0.335 e. The van der Waals surface area contributed by atoms with Crippen LogP contribution < -0.4 is 5.32 Å². The Bertz CT molecular complexity index is 1400. The standard InChI is InChI=1S/C31H30ClN3O5/c32-26-15-13-24(14-16-26)30-34-35(27(36)19-40-30)18-21-7-9-23(10-8-21)28(22-3-1-2-4-22)29(37)33-17-20-5-11-25(12-6-20)31(38)39/h5-16,22,28H,1-4,17-19H2,(H,33,37)(H,38,39). The first-order valence-corrected chi connectivity index (χ1v) is 13.7. The Labute approximate surface area is 237 Å². The summed E-state index contributed by atoms with van der Waals surface area (Å²) in [6.07, 6.45) is 4.21. The van der Waals surface area contributed by atoms with Crippen LogP contribution in [0.3, 0.4) is 0 Å². The van der Waals surface area contributed by atoms with Crippen LogP contribution in [0.25, 0.3) is 0 Å². The fourth-order valence-electron chi connectivity index (χ4n) is 5.25. The van der Waals surface area contributed by atoms with Gasteiger partial charge in [0.2, 0.25) is 11.8 Å². The molecule has 2 aliphatic rings. The molecule has 0 spiro atoms. The minimum atomic E-state index is -0.980. The molecule has 3 aromatic carbocycles. The monoisotopic (exact) mass is 559 g/mol. The molecule has 0 bridgehead atoms. The summed E-state index contributed by atoms with van der Waals surface area (Å²) >= 11 is 5.98. The Morgan fingerprint density at radius 2 is 1.62 bits per heavy atom. The number of carboxylic acids is 1.